The molecular weight excluding hydrogens is 260 g/mol. The van der Waals surface area contributed by atoms with Crippen molar-refractivity contribution in [3.8, 4) is 5.88 Å². The van der Waals surface area contributed by atoms with E-state index in [1.54, 1.807) is 0 Å². The number of aryl methyl sites for hydroxylation is 1. The third-order valence-corrected chi connectivity index (χ3v) is 4.39. The predicted octanol–water partition coefficient (Wildman–Crippen LogP) is 4.51. The number of fused-ring (bicyclic) bond motifs is 3. The molecule has 0 atom stereocenters. The summed E-state index contributed by atoms with van der Waals surface area (Å²) in [5.41, 5.74) is 3.29. The summed E-state index contributed by atoms with van der Waals surface area (Å²) >= 11 is 0. The molecule has 1 fully saturated rings. The number of ether oxygens (including phenoxy) is 1. The summed E-state index contributed by atoms with van der Waals surface area (Å²) in [4.78, 5) is 4.65. The molecule has 3 aromatic rings. The topological polar surface area (TPSA) is 26.5 Å². The van der Waals surface area contributed by atoms with Gasteiger partial charge < -0.3 is 9.14 Å². The minimum absolute atomic E-state index is 0.329. The number of hydrogen-bond donors (Lipinski definition) is 0. The standard InChI is InChI=1S/C18H20N2O/c1-13-12-20-16-10-6-5-7-14(16)11-17(20)18(19-13)21-15-8-3-2-4-9-15/h5-7,10-12,15H,2-4,8-9H2,1H3. The third-order valence-electron chi connectivity index (χ3n) is 4.39. The van der Waals surface area contributed by atoms with E-state index in [0.717, 1.165) is 29.9 Å². The fourth-order valence-corrected chi connectivity index (χ4v) is 3.34. The van der Waals surface area contributed by atoms with E-state index in [1.807, 2.05) is 6.92 Å². The van der Waals surface area contributed by atoms with Crippen molar-refractivity contribution in [2.24, 2.45) is 0 Å². The van der Waals surface area contributed by atoms with Gasteiger partial charge in [0.05, 0.1) is 11.2 Å². The van der Waals surface area contributed by atoms with Gasteiger partial charge in [0.1, 0.15) is 11.6 Å². The second-order valence-corrected chi connectivity index (χ2v) is 6.02. The zero-order chi connectivity index (χ0) is 14.2. The second kappa shape index (κ2) is 5.06. The maximum absolute atomic E-state index is 6.25. The SMILES string of the molecule is Cc1cn2c(cc3ccccc32)c(OC2CCCCC2)n1. The van der Waals surface area contributed by atoms with Crippen LogP contribution in [0.2, 0.25) is 0 Å². The highest BCUT2D eigenvalue weighted by atomic mass is 16.5. The minimum Gasteiger partial charge on any atom is -0.473 e. The van der Waals surface area contributed by atoms with Gasteiger partial charge >= 0.3 is 0 Å². The van der Waals surface area contributed by atoms with Crippen LogP contribution >= 0.6 is 0 Å². The average Bonchev–Trinajstić information content (AvgIpc) is 2.87. The van der Waals surface area contributed by atoms with Gasteiger partial charge in [0, 0.05) is 11.6 Å². The van der Waals surface area contributed by atoms with Gasteiger partial charge in [-0.1, -0.05) is 24.6 Å². The zero-order valence-electron chi connectivity index (χ0n) is 12.4. The monoisotopic (exact) mass is 280 g/mol. The van der Waals surface area contributed by atoms with Crippen LogP contribution in [0, 0.1) is 6.92 Å². The molecule has 2 aromatic heterocycles. The summed E-state index contributed by atoms with van der Waals surface area (Å²) in [5, 5.41) is 1.23. The lowest BCUT2D eigenvalue weighted by Gasteiger charge is -2.22. The van der Waals surface area contributed by atoms with Crippen molar-refractivity contribution >= 4 is 16.4 Å². The van der Waals surface area contributed by atoms with Crippen molar-refractivity contribution in [1.29, 1.82) is 0 Å². The molecule has 0 spiro atoms. The molecule has 0 saturated heterocycles. The van der Waals surface area contributed by atoms with Crippen LogP contribution in [0.25, 0.3) is 16.4 Å². The van der Waals surface area contributed by atoms with Crippen LogP contribution in [0.5, 0.6) is 5.88 Å². The largest absolute Gasteiger partial charge is 0.473 e. The van der Waals surface area contributed by atoms with Crippen molar-refractivity contribution in [2.45, 2.75) is 45.1 Å². The number of aromatic nitrogens is 2. The summed E-state index contributed by atoms with van der Waals surface area (Å²) in [6.07, 6.45) is 8.61. The molecular formula is C18H20N2O. The molecule has 1 aliphatic rings. The van der Waals surface area contributed by atoms with Crippen LogP contribution in [-0.2, 0) is 0 Å². The van der Waals surface area contributed by atoms with Crippen LogP contribution in [0.4, 0.5) is 0 Å². The first-order valence-electron chi connectivity index (χ1n) is 7.85. The molecule has 3 nitrogen and oxygen atoms in total. The van der Waals surface area contributed by atoms with Gasteiger partial charge in [-0.3, -0.25) is 0 Å². The maximum Gasteiger partial charge on any atom is 0.238 e. The average molecular weight is 280 g/mol. The fourth-order valence-electron chi connectivity index (χ4n) is 3.34. The number of hydrogen-bond acceptors (Lipinski definition) is 2. The van der Waals surface area contributed by atoms with Gasteiger partial charge in [-0.25, -0.2) is 4.98 Å². The van der Waals surface area contributed by atoms with Crippen LogP contribution < -0.4 is 4.74 Å². The molecule has 1 aromatic carbocycles. The Morgan fingerprint density at radius 3 is 2.76 bits per heavy atom. The zero-order valence-corrected chi connectivity index (χ0v) is 12.4. The molecule has 21 heavy (non-hydrogen) atoms. The smallest absolute Gasteiger partial charge is 0.238 e. The summed E-state index contributed by atoms with van der Waals surface area (Å²) in [5.74, 6) is 0.790. The van der Waals surface area contributed by atoms with Gasteiger partial charge in [0.25, 0.3) is 0 Å². The van der Waals surface area contributed by atoms with E-state index in [1.165, 1.54) is 30.2 Å². The first-order chi connectivity index (χ1) is 10.3. The molecule has 2 heterocycles. The Kier molecular flexibility index (Phi) is 3.06. The maximum atomic E-state index is 6.25. The normalized spacial score (nSPS) is 16.6. The second-order valence-electron chi connectivity index (χ2n) is 6.02. The number of rotatable bonds is 2. The van der Waals surface area contributed by atoms with Crippen LogP contribution in [0.15, 0.2) is 36.5 Å². The minimum atomic E-state index is 0.329. The van der Waals surface area contributed by atoms with E-state index in [-0.39, 0.29) is 0 Å². The van der Waals surface area contributed by atoms with Crippen molar-refractivity contribution in [3.05, 3.63) is 42.2 Å². The summed E-state index contributed by atoms with van der Waals surface area (Å²) in [6.45, 7) is 2.03. The highest BCUT2D eigenvalue weighted by Crippen LogP contribution is 2.29. The van der Waals surface area contributed by atoms with E-state index in [0.29, 0.717) is 6.10 Å². The Bertz CT molecular complexity index is 784. The molecule has 1 aliphatic carbocycles. The van der Waals surface area contributed by atoms with E-state index in [2.05, 4.69) is 45.9 Å². The molecule has 4 rings (SSSR count). The number of benzene rings is 1. The van der Waals surface area contributed by atoms with Gasteiger partial charge in [-0.05, 0) is 44.7 Å². The van der Waals surface area contributed by atoms with Crippen molar-refractivity contribution in [3.63, 3.8) is 0 Å². The molecule has 0 bridgehead atoms. The van der Waals surface area contributed by atoms with E-state index in [9.17, 15) is 0 Å². The van der Waals surface area contributed by atoms with Crippen LogP contribution in [0.1, 0.15) is 37.8 Å². The molecule has 0 unspecified atom stereocenters. The Morgan fingerprint density at radius 1 is 1.10 bits per heavy atom. The molecule has 3 heteroatoms. The molecule has 0 amide bonds. The Hall–Kier alpha value is -2.03. The Morgan fingerprint density at radius 2 is 1.90 bits per heavy atom. The van der Waals surface area contributed by atoms with E-state index >= 15 is 0 Å². The highest BCUT2D eigenvalue weighted by Gasteiger charge is 2.18. The van der Waals surface area contributed by atoms with Crippen molar-refractivity contribution in [2.75, 3.05) is 0 Å². The number of nitrogens with zero attached hydrogens (tertiary/aromatic N) is 2. The van der Waals surface area contributed by atoms with Gasteiger partial charge in [-0.15, -0.1) is 0 Å². The van der Waals surface area contributed by atoms with Crippen molar-refractivity contribution in [1.82, 2.24) is 9.38 Å². The predicted molar refractivity (Wildman–Crippen MR) is 84.9 cm³/mol. The lowest BCUT2D eigenvalue weighted by Crippen LogP contribution is -2.20. The number of para-hydroxylation sites is 1. The van der Waals surface area contributed by atoms with Gasteiger partial charge in [0.15, 0.2) is 0 Å². The molecule has 0 N–H and O–H groups in total. The third kappa shape index (κ3) is 2.27. The summed E-state index contributed by atoms with van der Waals surface area (Å²) in [7, 11) is 0. The Balaban J connectivity index is 1.83. The quantitative estimate of drug-likeness (QED) is 0.690. The molecule has 1 saturated carbocycles. The van der Waals surface area contributed by atoms with Gasteiger partial charge in [0.2, 0.25) is 5.88 Å². The van der Waals surface area contributed by atoms with Crippen LogP contribution in [-0.4, -0.2) is 15.5 Å². The van der Waals surface area contributed by atoms with Gasteiger partial charge in [-0.2, -0.15) is 0 Å². The van der Waals surface area contributed by atoms with Crippen molar-refractivity contribution < 1.29 is 4.74 Å². The van der Waals surface area contributed by atoms with Crippen LogP contribution in [0.3, 0.4) is 0 Å². The first kappa shape index (κ1) is 12.7. The molecule has 0 aliphatic heterocycles. The summed E-state index contributed by atoms with van der Waals surface area (Å²) < 4.78 is 8.45. The Labute approximate surface area is 124 Å². The molecule has 108 valence electrons. The molecule has 0 radical (unpaired) electrons. The lowest BCUT2D eigenvalue weighted by atomic mass is 9.98. The first-order valence-corrected chi connectivity index (χ1v) is 7.85. The van der Waals surface area contributed by atoms with E-state index < -0.39 is 0 Å². The fraction of sp³-hybridized carbons (Fsp3) is 0.389. The lowest BCUT2D eigenvalue weighted by molar-refractivity contribution is 0.150. The summed E-state index contributed by atoms with van der Waals surface area (Å²) in [6, 6.07) is 10.6. The van der Waals surface area contributed by atoms with E-state index in [4.69, 9.17) is 4.74 Å². The highest BCUT2D eigenvalue weighted by molar-refractivity contribution is 5.88.